The van der Waals surface area contributed by atoms with Crippen LogP contribution in [0.5, 0.6) is 0 Å². The molecule has 0 radical (unpaired) electrons. The van der Waals surface area contributed by atoms with Crippen molar-refractivity contribution in [2.75, 3.05) is 0 Å². The van der Waals surface area contributed by atoms with Gasteiger partial charge in [0, 0.05) is 0 Å². The van der Waals surface area contributed by atoms with Crippen LogP contribution < -0.4 is 53.5 Å². The van der Waals surface area contributed by atoms with Crippen LogP contribution in [0.3, 0.4) is 0 Å². The van der Waals surface area contributed by atoms with Gasteiger partial charge in [-0.15, -0.1) is 0 Å². The summed E-state index contributed by atoms with van der Waals surface area (Å²) in [5, 5.41) is 0. The van der Waals surface area contributed by atoms with Crippen LogP contribution >= 0.6 is 0 Å². The van der Waals surface area contributed by atoms with E-state index in [1.54, 1.807) is 0 Å². The molecule has 0 saturated carbocycles. The van der Waals surface area contributed by atoms with Gasteiger partial charge >= 0.3 is 29.6 Å². The maximum atomic E-state index is 0. The molecule has 0 aliphatic rings. The molecule has 0 fully saturated rings. The van der Waals surface area contributed by atoms with Crippen molar-refractivity contribution in [2.24, 2.45) is 0 Å². The first kappa shape index (κ1) is 44.9. The average Bonchev–Trinajstić information content (AvgIpc) is 0. The van der Waals surface area contributed by atoms with E-state index in [1.165, 1.54) is 0 Å². The molecule has 0 aliphatic heterocycles. The predicted octanol–water partition coefficient (Wildman–Crippen LogP) is -7.64. The molecular formula is H4INaO2. The van der Waals surface area contributed by atoms with Gasteiger partial charge in [0.05, 0.1) is 0 Å². The Hall–Kier alpha value is 1.65. The van der Waals surface area contributed by atoms with Crippen LogP contribution in [-0.2, 0) is 0 Å². The van der Waals surface area contributed by atoms with E-state index in [4.69, 9.17) is 0 Å². The molecule has 0 aromatic heterocycles. The zero-order valence-electron chi connectivity index (χ0n) is 2.38. The molecular weight excluding hydrogens is 182 g/mol. The summed E-state index contributed by atoms with van der Waals surface area (Å²) in [6.07, 6.45) is 0. The van der Waals surface area contributed by atoms with Gasteiger partial charge in [-0.05, 0) is 0 Å². The standard InChI is InChI=1S/HI.Na.2H2O/h1H;;2*1H2/q;+1;;/p-1. The second-order valence-corrected chi connectivity index (χ2v) is 0. The zero-order chi connectivity index (χ0) is 0. The van der Waals surface area contributed by atoms with Gasteiger partial charge in [-0.2, -0.15) is 0 Å². The molecule has 24 valence electrons. The fourth-order valence-electron chi connectivity index (χ4n) is 0. The maximum absolute atomic E-state index is 0. The third-order valence-corrected chi connectivity index (χ3v) is 0. The van der Waals surface area contributed by atoms with Crippen molar-refractivity contribution < 1.29 is 64.5 Å². The third-order valence-electron chi connectivity index (χ3n) is 0. The Labute approximate surface area is 63.9 Å². The first-order valence-corrected chi connectivity index (χ1v) is 0. The van der Waals surface area contributed by atoms with Crippen molar-refractivity contribution >= 4 is 0 Å². The Morgan fingerprint density at radius 1 is 0.750 bits per heavy atom. The van der Waals surface area contributed by atoms with Gasteiger partial charge in [0.1, 0.15) is 0 Å². The first-order chi connectivity index (χ1) is 0. The van der Waals surface area contributed by atoms with Crippen LogP contribution in [0.25, 0.3) is 0 Å². The summed E-state index contributed by atoms with van der Waals surface area (Å²) in [5.41, 5.74) is 0. The van der Waals surface area contributed by atoms with Crippen LogP contribution in [0.4, 0.5) is 0 Å². The van der Waals surface area contributed by atoms with Gasteiger partial charge in [0.2, 0.25) is 0 Å². The topological polar surface area (TPSA) is 63.0 Å². The molecule has 0 atom stereocenters. The minimum atomic E-state index is 0. The Morgan fingerprint density at radius 2 is 0.750 bits per heavy atom. The van der Waals surface area contributed by atoms with E-state index in [2.05, 4.69) is 0 Å². The minimum Gasteiger partial charge on any atom is -1.00 e. The Bertz CT molecular complexity index is 6.00. The van der Waals surface area contributed by atoms with Crippen molar-refractivity contribution in [1.29, 1.82) is 0 Å². The summed E-state index contributed by atoms with van der Waals surface area (Å²) in [5.74, 6) is 0. The molecule has 0 rings (SSSR count). The fraction of sp³-hybridized carbons (Fsp3) is 0. The average molecular weight is 186 g/mol. The summed E-state index contributed by atoms with van der Waals surface area (Å²) in [6, 6.07) is 0. The molecule has 4 heavy (non-hydrogen) atoms. The fourth-order valence-corrected chi connectivity index (χ4v) is 0. The van der Waals surface area contributed by atoms with E-state index in [1.807, 2.05) is 0 Å². The van der Waals surface area contributed by atoms with Crippen LogP contribution in [0, 0.1) is 0 Å². The molecule has 0 amide bonds. The predicted molar refractivity (Wildman–Crippen MR) is 7.23 cm³/mol. The molecule has 0 aromatic carbocycles. The van der Waals surface area contributed by atoms with E-state index in [-0.39, 0.29) is 64.5 Å². The van der Waals surface area contributed by atoms with E-state index in [0.717, 1.165) is 0 Å². The van der Waals surface area contributed by atoms with Gasteiger partial charge in [0.15, 0.2) is 0 Å². The van der Waals surface area contributed by atoms with E-state index in [0.29, 0.717) is 0 Å². The maximum Gasteiger partial charge on any atom is 1.00 e. The minimum absolute atomic E-state index is 0. The molecule has 0 aromatic rings. The molecule has 4 heteroatoms. The Morgan fingerprint density at radius 3 is 0.750 bits per heavy atom. The third kappa shape index (κ3) is 9.41. The summed E-state index contributed by atoms with van der Waals surface area (Å²) in [6.45, 7) is 0. The van der Waals surface area contributed by atoms with E-state index >= 15 is 0 Å². The molecule has 0 unspecified atom stereocenters. The second-order valence-electron chi connectivity index (χ2n) is 0. The smallest absolute Gasteiger partial charge is 1.00 e. The molecule has 0 heterocycles. The Balaban J connectivity index is 0. The van der Waals surface area contributed by atoms with Gasteiger partial charge in [-0.25, -0.2) is 0 Å². The van der Waals surface area contributed by atoms with E-state index < -0.39 is 0 Å². The van der Waals surface area contributed by atoms with Gasteiger partial charge in [-0.3, -0.25) is 0 Å². The van der Waals surface area contributed by atoms with Gasteiger partial charge < -0.3 is 34.9 Å². The summed E-state index contributed by atoms with van der Waals surface area (Å²) in [4.78, 5) is 0. The van der Waals surface area contributed by atoms with Crippen LogP contribution in [0.15, 0.2) is 0 Å². The van der Waals surface area contributed by atoms with Crippen molar-refractivity contribution in [1.82, 2.24) is 0 Å². The molecule has 2 nitrogen and oxygen atoms in total. The van der Waals surface area contributed by atoms with Crippen molar-refractivity contribution in [2.45, 2.75) is 0 Å². The van der Waals surface area contributed by atoms with Crippen molar-refractivity contribution in [3.63, 3.8) is 0 Å². The van der Waals surface area contributed by atoms with Crippen molar-refractivity contribution in [3.8, 4) is 0 Å². The van der Waals surface area contributed by atoms with Crippen LogP contribution in [0.2, 0.25) is 0 Å². The quantitative estimate of drug-likeness (QED) is 0.266. The summed E-state index contributed by atoms with van der Waals surface area (Å²) < 4.78 is 0. The van der Waals surface area contributed by atoms with Crippen LogP contribution in [0.1, 0.15) is 0 Å². The normalized spacial score (nSPS) is 0. The Kier molecular flexibility index (Phi) is 255. The zero-order valence-corrected chi connectivity index (χ0v) is 6.54. The molecule has 0 spiro atoms. The second kappa shape index (κ2) is 22.8. The van der Waals surface area contributed by atoms with Gasteiger partial charge in [0.25, 0.3) is 0 Å². The van der Waals surface area contributed by atoms with E-state index in [9.17, 15) is 0 Å². The number of hydrogen-bond donors (Lipinski definition) is 0. The number of hydrogen-bond acceptors (Lipinski definition) is 0. The SMILES string of the molecule is O.O.[I-].[Na+]. The van der Waals surface area contributed by atoms with Crippen molar-refractivity contribution in [3.05, 3.63) is 0 Å². The first-order valence-electron chi connectivity index (χ1n) is 0. The molecule has 4 N–H and O–H groups in total. The summed E-state index contributed by atoms with van der Waals surface area (Å²) >= 11 is 0. The molecule has 0 bridgehead atoms. The number of rotatable bonds is 0. The largest absolute Gasteiger partial charge is 1.00 e. The van der Waals surface area contributed by atoms with Gasteiger partial charge in [-0.1, -0.05) is 0 Å². The summed E-state index contributed by atoms with van der Waals surface area (Å²) in [7, 11) is 0. The molecule has 0 saturated heterocycles. The van der Waals surface area contributed by atoms with Crippen LogP contribution in [-0.4, -0.2) is 11.0 Å². The molecule has 0 aliphatic carbocycles. The monoisotopic (exact) mass is 186 g/mol. The number of halogens is 1.